The van der Waals surface area contributed by atoms with Crippen LogP contribution in [0.25, 0.3) is 0 Å². The van der Waals surface area contributed by atoms with Crippen molar-refractivity contribution in [3.05, 3.63) is 64.7 Å². The Morgan fingerprint density at radius 3 is 2.60 bits per heavy atom. The molecule has 2 heterocycles. The molecule has 2 aliphatic heterocycles. The molecule has 160 valence electrons. The molecule has 2 saturated heterocycles. The van der Waals surface area contributed by atoms with E-state index in [9.17, 15) is 4.79 Å². The van der Waals surface area contributed by atoms with E-state index < -0.39 is 0 Å². The number of nitrogens with zero attached hydrogens (tertiary/aromatic N) is 2. The zero-order chi connectivity index (χ0) is 21.3. The monoisotopic (exact) mass is 426 g/mol. The predicted molar refractivity (Wildman–Crippen MR) is 121 cm³/mol. The van der Waals surface area contributed by atoms with Gasteiger partial charge in [-0.15, -0.1) is 0 Å². The molecule has 0 spiro atoms. The number of amides is 1. The first-order valence-electron chi connectivity index (χ1n) is 10.9. The first-order chi connectivity index (χ1) is 14.5. The summed E-state index contributed by atoms with van der Waals surface area (Å²) in [6.45, 7) is 7.72. The van der Waals surface area contributed by atoms with E-state index in [1.807, 2.05) is 38.1 Å². The number of carbonyl (C=O) groups excluding carboxylic acids is 1. The van der Waals surface area contributed by atoms with Gasteiger partial charge in [0.2, 0.25) is 5.91 Å². The van der Waals surface area contributed by atoms with Crippen molar-refractivity contribution in [3.63, 3.8) is 0 Å². The van der Waals surface area contributed by atoms with Crippen molar-refractivity contribution in [2.24, 2.45) is 11.8 Å². The maximum atomic E-state index is 13.0. The Morgan fingerprint density at radius 2 is 1.93 bits per heavy atom. The molecule has 0 aliphatic carbocycles. The number of hydrogen-bond donors (Lipinski definition) is 0. The molecular weight excluding hydrogens is 396 g/mol. The topological polar surface area (TPSA) is 32.8 Å². The summed E-state index contributed by atoms with van der Waals surface area (Å²) in [4.78, 5) is 17.7. The number of fused-ring (bicyclic) bond motifs is 1. The molecule has 0 aromatic heterocycles. The van der Waals surface area contributed by atoms with E-state index >= 15 is 0 Å². The number of benzene rings is 2. The van der Waals surface area contributed by atoms with Gasteiger partial charge in [-0.25, -0.2) is 0 Å². The molecule has 1 amide bonds. The number of likely N-dealkylation sites (tertiary alicyclic amines) is 2. The number of rotatable bonds is 5. The average Bonchev–Trinajstić information content (AvgIpc) is 3.12. The van der Waals surface area contributed by atoms with Gasteiger partial charge in [-0.2, -0.15) is 0 Å². The third-order valence-electron chi connectivity index (χ3n) is 6.63. The second kappa shape index (κ2) is 8.99. The van der Waals surface area contributed by atoms with Crippen molar-refractivity contribution in [3.8, 4) is 5.75 Å². The van der Waals surface area contributed by atoms with Crippen LogP contribution in [0.15, 0.2) is 48.5 Å². The Labute approximate surface area is 184 Å². The number of ether oxygens (including phenoxy) is 1. The number of piperidine rings is 1. The van der Waals surface area contributed by atoms with Crippen molar-refractivity contribution in [1.82, 2.24) is 9.80 Å². The molecule has 4 rings (SSSR count). The molecule has 0 unspecified atom stereocenters. The van der Waals surface area contributed by atoms with Gasteiger partial charge in [0, 0.05) is 55.0 Å². The number of methoxy groups -OCH3 is 1. The quantitative estimate of drug-likeness (QED) is 0.687. The van der Waals surface area contributed by atoms with E-state index in [4.69, 9.17) is 16.3 Å². The summed E-state index contributed by atoms with van der Waals surface area (Å²) in [6, 6.07) is 16.8. The smallest absolute Gasteiger partial charge is 0.225 e. The lowest BCUT2D eigenvalue weighted by atomic mass is 9.81. The maximum Gasteiger partial charge on any atom is 0.225 e. The summed E-state index contributed by atoms with van der Waals surface area (Å²) >= 11 is 6.19. The van der Waals surface area contributed by atoms with Gasteiger partial charge >= 0.3 is 0 Å². The number of carbonyl (C=O) groups is 1. The van der Waals surface area contributed by atoms with Crippen molar-refractivity contribution >= 4 is 17.5 Å². The summed E-state index contributed by atoms with van der Waals surface area (Å²) in [5.74, 6) is 1.98. The van der Waals surface area contributed by atoms with Gasteiger partial charge < -0.3 is 9.64 Å². The lowest BCUT2D eigenvalue weighted by Gasteiger charge is -2.39. The largest absolute Gasteiger partial charge is 0.497 e. The fraction of sp³-hybridized carbons (Fsp3) is 0.480. The fourth-order valence-corrected chi connectivity index (χ4v) is 5.34. The first kappa shape index (κ1) is 21.2. The van der Waals surface area contributed by atoms with Crippen LogP contribution in [0, 0.1) is 11.8 Å². The lowest BCUT2D eigenvalue weighted by Crippen LogP contribution is -2.48. The van der Waals surface area contributed by atoms with Crippen molar-refractivity contribution in [2.45, 2.75) is 38.8 Å². The third kappa shape index (κ3) is 4.35. The molecule has 0 radical (unpaired) electrons. The average molecular weight is 427 g/mol. The highest BCUT2D eigenvalue weighted by Crippen LogP contribution is 2.42. The molecule has 2 fully saturated rings. The molecule has 4 nitrogen and oxygen atoms in total. The minimum Gasteiger partial charge on any atom is -0.497 e. The molecule has 0 saturated carbocycles. The highest BCUT2D eigenvalue weighted by Gasteiger charge is 2.47. The van der Waals surface area contributed by atoms with Gasteiger partial charge in [0.25, 0.3) is 0 Å². The Bertz CT molecular complexity index is 883. The second-order valence-corrected chi connectivity index (χ2v) is 9.35. The SMILES string of the molecule is COc1ccc([C@@H]2CN(C(=O)C(C)C)[C@H]3CCN(Cc4cccc(Cl)c4)C[C@@H]23)cc1. The fourth-order valence-electron chi connectivity index (χ4n) is 5.13. The van der Waals surface area contributed by atoms with Crippen LogP contribution >= 0.6 is 11.6 Å². The van der Waals surface area contributed by atoms with Gasteiger partial charge in [0.05, 0.1) is 7.11 Å². The van der Waals surface area contributed by atoms with Crippen LogP contribution in [0.5, 0.6) is 5.75 Å². The van der Waals surface area contributed by atoms with E-state index in [-0.39, 0.29) is 11.8 Å². The van der Waals surface area contributed by atoms with E-state index in [1.165, 1.54) is 11.1 Å². The van der Waals surface area contributed by atoms with E-state index in [0.29, 0.717) is 17.9 Å². The molecule has 3 atom stereocenters. The van der Waals surface area contributed by atoms with Gasteiger partial charge in [0.15, 0.2) is 0 Å². The van der Waals surface area contributed by atoms with Crippen LogP contribution in [-0.4, -0.2) is 48.5 Å². The molecule has 2 aromatic rings. The second-order valence-electron chi connectivity index (χ2n) is 8.91. The Balaban J connectivity index is 1.57. The molecule has 2 aromatic carbocycles. The predicted octanol–water partition coefficient (Wildman–Crippen LogP) is 4.82. The molecule has 0 N–H and O–H groups in total. The normalized spacial score (nSPS) is 24.2. The minimum absolute atomic E-state index is 0.0322. The summed E-state index contributed by atoms with van der Waals surface area (Å²) < 4.78 is 5.34. The van der Waals surface area contributed by atoms with Crippen LogP contribution in [0.2, 0.25) is 5.02 Å². The van der Waals surface area contributed by atoms with E-state index in [2.05, 4.69) is 34.1 Å². The summed E-state index contributed by atoms with van der Waals surface area (Å²) in [6.07, 6.45) is 1.02. The van der Waals surface area contributed by atoms with E-state index in [0.717, 1.165) is 43.4 Å². The number of halogens is 1. The van der Waals surface area contributed by atoms with Crippen molar-refractivity contribution < 1.29 is 9.53 Å². The Morgan fingerprint density at radius 1 is 1.17 bits per heavy atom. The van der Waals surface area contributed by atoms with Gasteiger partial charge in [-0.3, -0.25) is 9.69 Å². The van der Waals surface area contributed by atoms with Crippen LogP contribution < -0.4 is 4.74 Å². The van der Waals surface area contributed by atoms with Gasteiger partial charge in [-0.05, 0) is 41.8 Å². The van der Waals surface area contributed by atoms with Crippen molar-refractivity contribution in [2.75, 3.05) is 26.7 Å². The number of hydrogen-bond acceptors (Lipinski definition) is 3. The molecular formula is C25H31ClN2O2. The minimum atomic E-state index is 0.0322. The first-order valence-corrected chi connectivity index (χ1v) is 11.2. The summed E-state index contributed by atoms with van der Waals surface area (Å²) in [5, 5.41) is 0.785. The molecule has 2 aliphatic rings. The lowest BCUT2D eigenvalue weighted by molar-refractivity contribution is -0.136. The van der Waals surface area contributed by atoms with Crippen molar-refractivity contribution in [1.29, 1.82) is 0 Å². The Kier molecular flexibility index (Phi) is 6.35. The summed E-state index contributed by atoms with van der Waals surface area (Å²) in [7, 11) is 1.69. The van der Waals surface area contributed by atoms with Gasteiger partial charge in [0.1, 0.15) is 5.75 Å². The Hall–Kier alpha value is -2.04. The van der Waals surface area contributed by atoms with Crippen LogP contribution in [0.4, 0.5) is 0 Å². The maximum absolute atomic E-state index is 13.0. The highest BCUT2D eigenvalue weighted by molar-refractivity contribution is 6.30. The standard InChI is InChI=1S/C25H31ClN2O2/c1-17(2)25(29)28-16-22(19-7-9-21(30-3)10-8-19)23-15-27(12-11-24(23)28)14-18-5-4-6-20(26)13-18/h4-10,13,17,22-24H,11-12,14-16H2,1-3H3/t22-,23-,24-/m0/s1. The van der Waals surface area contributed by atoms with Crippen LogP contribution in [0.3, 0.4) is 0 Å². The zero-order valence-electron chi connectivity index (χ0n) is 18.1. The molecule has 0 bridgehead atoms. The van der Waals surface area contributed by atoms with Crippen LogP contribution in [-0.2, 0) is 11.3 Å². The van der Waals surface area contributed by atoms with Crippen LogP contribution in [0.1, 0.15) is 37.3 Å². The molecule has 5 heteroatoms. The highest BCUT2D eigenvalue weighted by atomic mass is 35.5. The van der Waals surface area contributed by atoms with E-state index in [1.54, 1.807) is 7.11 Å². The molecule has 30 heavy (non-hydrogen) atoms. The van der Waals surface area contributed by atoms with Gasteiger partial charge in [-0.1, -0.05) is 49.7 Å². The summed E-state index contributed by atoms with van der Waals surface area (Å²) in [5.41, 5.74) is 2.55. The third-order valence-corrected chi connectivity index (χ3v) is 6.87. The zero-order valence-corrected chi connectivity index (χ0v) is 18.8.